The average Bonchev–Trinajstić information content (AvgIpc) is 2.25. The maximum Gasteiger partial charge on any atom is 0.401 e. The standard InChI is InChI=1S/C11H20F3N3/c1-3-10(16,8-15)6-5-7-17(4-2)9-11(12,13)14/h3-7,9,16H2,1-2H3. The fourth-order valence-electron chi connectivity index (χ4n) is 1.53. The quantitative estimate of drug-likeness (QED) is 0.755. The van der Waals surface area contributed by atoms with Crippen molar-refractivity contribution in [2.24, 2.45) is 5.73 Å². The van der Waals surface area contributed by atoms with Gasteiger partial charge in [0.2, 0.25) is 0 Å². The highest BCUT2D eigenvalue weighted by Gasteiger charge is 2.30. The van der Waals surface area contributed by atoms with Gasteiger partial charge >= 0.3 is 6.18 Å². The number of halogens is 3. The summed E-state index contributed by atoms with van der Waals surface area (Å²) in [5.74, 6) is 0. The lowest BCUT2D eigenvalue weighted by Crippen LogP contribution is -2.39. The van der Waals surface area contributed by atoms with E-state index in [4.69, 9.17) is 11.0 Å². The third-order valence-electron chi connectivity index (χ3n) is 2.80. The Morgan fingerprint density at radius 3 is 2.24 bits per heavy atom. The van der Waals surface area contributed by atoms with Crippen LogP contribution >= 0.6 is 0 Å². The van der Waals surface area contributed by atoms with Crippen LogP contribution in [0.3, 0.4) is 0 Å². The largest absolute Gasteiger partial charge is 0.401 e. The SMILES string of the molecule is CCN(CCCC(N)(C#N)CC)CC(F)(F)F. The first-order valence-corrected chi connectivity index (χ1v) is 5.75. The summed E-state index contributed by atoms with van der Waals surface area (Å²) in [6.07, 6.45) is -2.74. The van der Waals surface area contributed by atoms with Crippen molar-refractivity contribution in [3.63, 3.8) is 0 Å². The van der Waals surface area contributed by atoms with Gasteiger partial charge in [-0.1, -0.05) is 13.8 Å². The molecule has 3 nitrogen and oxygen atoms in total. The summed E-state index contributed by atoms with van der Waals surface area (Å²) in [5.41, 5.74) is 4.84. The minimum Gasteiger partial charge on any atom is -0.313 e. The van der Waals surface area contributed by atoms with E-state index in [0.29, 0.717) is 32.4 Å². The third kappa shape index (κ3) is 7.18. The van der Waals surface area contributed by atoms with E-state index >= 15 is 0 Å². The molecule has 0 rings (SSSR count). The molecule has 1 unspecified atom stereocenters. The lowest BCUT2D eigenvalue weighted by molar-refractivity contribution is -0.145. The van der Waals surface area contributed by atoms with Gasteiger partial charge in [-0.2, -0.15) is 18.4 Å². The lowest BCUT2D eigenvalue weighted by Gasteiger charge is -2.24. The maximum absolute atomic E-state index is 12.2. The second-order valence-electron chi connectivity index (χ2n) is 4.21. The number of nitrogens with zero attached hydrogens (tertiary/aromatic N) is 2. The van der Waals surface area contributed by atoms with Crippen LogP contribution in [0.1, 0.15) is 33.1 Å². The van der Waals surface area contributed by atoms with Crippen LogP contribution in [0.15, 0.2) is 0 Å². The van der Waals surface area contributed by atoms with Crippen molar-refractivity contribution in [3.05, 3.63) is 0 Å². The van der Waals surface area contributed by atoms with Gasteiger partial charge in [0.1, 0.15) is 5.54 Å². The molecule has 0 amide bonds. The second-order valence-corrected chi connectivity index (χ2v) is 4.21. The van der Waals surface area contributed by atoms with Crippen LogP contribution in [0, 0.1) is 11.3 Å². The fourth-order valence-corrected chi connectivity index (χ4v) is 1.53. The minimum atomic E-state index is -4.17. The van der Waals surface area contributed by atoms with Crippen molar-refractivity contribution in [3.8, 4) is 6.07 Å². The Labute approximate surface area is 100 Å². The van der Waals surface area contributed by atoms with Gasteiger partial charge < -0.3 is 5.73 Å². The van der Waals surface area contributed by atoms with Crippen molar-refractivity contribution in [2.45, 2.75) is 44.8 Å². The summed E-state index contributed by atoms with van der Waals surface area (Å²) in [7, 11) is 0. The van der Waals surface area contributed by atoms with Gasteiger partial charge in [0, 0.05) is 0 Å². The number of rotatable bonds is 7. The molecule has 0 aliphatic heterocycles. The van der Waals surface area contributed by atoms with Crippen LogP contribution in [0.2, 0.25) is 0 Å². The molecule has 0 bridgehead atoms. The summed E-state index contributed by atoms with van der Waals surface area (Å²) < 4.78 is 36.5. The number of nitrogens with two attached hydrogens (primary N) is 1. The predicted octanol–water partition coefficient (Wildman–Crippen LogP) is 2.28. The zero-order valence-electron chi connectivity index (χ0n) is 10.3. The van der Waals surface area contributed by atoms with Crippen LogP contribution < -0.4 is 5.73 Å². The van der Waals surface area contributed by atoms with Crippen molar-refractivity contribution in [1.29, 1.82) is 5.26 Å². The van der Waals surface area contributed by atoms with Gasteiger partial charge in [0.15, 0.2) is 0 Å². The third-order valence-corrected chi connectivity index (χ3v) is 2.80. The molecule has 0 aromatic carbocycles. The molecule has 0 aromatic heterocycles. The Morgan fingerprint density at radius 1 is 1.29 bits per heavy atom. The molecule has 17 heavy (non-hydrogen) atoms. The maximum atomic E-state index is 12.2. The highest BCUT2D eigenvalue weighted by molar-refractivity contribution is 5.03. The molecule has 1 atom stereocenters. The molecule has 6 heteroatoms. The molecule has 0 fully saturated rings. The van der Waals surface area contributed by atoms with Gasteiger partial charge in [0.05, 0.1) is 12.6 Å². The van der Waals surface area contributed by atoms with Gasteiger partial charge in [-0.25, -0.2) is 0 Å². The van der Waals surface area contributed by atoms with E-state index in [1.807, 2.05) is 6.07 Å². The van der Waals surface area contributed by atoms with E-state index in [0.717, 1.165) is 0 Å². The lowest BCUT2D eigenvalue weighted by atomic mass is 9.93. The highest BCUT2D eigenvalue weighted by atomic mass is 19.4. The molecule has 2 N–H and O–H groups in total. The molecule has 0 heterocycles. The monoisotopic (exact) mass is 251 g/mol. The smallest absolute Gasteiger partial charge is 0.313 e. The molecule has 0 saturated carbocycles. The summed E-state index contributed by atoms with van der Waals surface area (Å²) in [6, 6.07) is 2.01. The van der Waals surface area contributed by atoms with Crippen molar-refractivity contribution >= 4 is 0 Å². The number of nitriles is 1. The van der Waals surface area contributed by atoms with Gasteiger partial charge in [0.25, 0.3) is 0 Å². The summed E-state index contributed by atoms with van der Waals surface area (Å²) in [5, 5.41) is 8.83. The number of alkyl halides is 3. The van der Waals surface area contributed by atoms with E-state index in [1.54, 1.807) is 13.8 Å². The van der Waals surface area contributed by atoms with E-state index in [9.17, 15) is 13.2 Å². The summed E-state index contributed by atoms with van der Waals surface area (Å²) >= 11 is 0. The molecular weight excluding hydrogens is 231 g/mol. The van der Waals surface area contributed by atoms with Crippen LogP contribution in [0.25, 0.3) is 0 Å². The van der Waals surface area contributed by atoms with E-state index in [1.165, 1.54) is 4.90 Å². The Hall–Kier alpha value is -0.800. The first-order valence-electron chi connectivity index (χ1n) is 5.75. The van der Waals surface area contributed by atoms with Crippen LogP contribution in [0.5, 0.6) is 0 Å². The van der Waals surface area contributed by atoms with Crippen LogP contribution in [-0.2, 0) is 0 Å². The minimum absolute atomic E-state index is 0.316. The molecular formula is C11H20F3N3. The fraction of sp³-hybridized carbons (Fsp3) is 0.909. The molecule has 100 valence electrons. The predicted molar refractivity (Wildman–Crippen MR) is 60.2 cm³/mol. The Morgan fingerprint density at radius 2 is 1.88 bits per heavy atom. The summed E-state index contributed by atoms with van der Waals surface area (Å²) in [4.78, 5) is 1.31. The van der Waals surface area contributed by atoms with Gasteiger partial charge in [-0.3, -0.25) is 4.90 Å². The van der Waals surface area contributed by atoms with E-state index in [2.05, 4.69) is 0 Å². The van der Waals surface area contributed by atoms with Crippen LogP contribution in [-0.4, -0.2) is 36.2 Å². The Bertz CT molecular complexity index is 260. The molecule has 0 aliphatic carbocycles. The van der Waals surface area contributed by atoms with Crippen LogP contribution in [0.4, 0.5) is 13.2 Å². The topological polar surface area (TPSA) is 53.0 Å². The van der Waals surface area contributed by atoms with E-state index in [-0.39, 0.29) is 0 Å². The van der Waals surface area contributed by atoms with Gasteiger partial charge in [-0.05, 0) is 32.4 Å². The van der Waals surface area contributed by atoms with Crippen molar-refractivity contribution in [2.75, 3.05) is 19.6 Å². The molecule has 0 aromatic rings. The second kappa shape index (κ2) is 6.82. The summed E-state index contributed by atoms with van der Waals surface area (Å²) in [6.45, 7) is 3.24. The highest BCUT2D eigenvalue weighted by Crippen LogP contribution is 2.18. The first-order chi connectivity index (χ1) is 7.76. The number of hydrogen-bond acceptors (Lipinski definition) is 3. The molecule has 0 saturated heterocycles. The zero-order valence-corrected chi connectivity index (χ0v) is 10.3. The average molecular weight is 251 g/mol. The molecule has 0 spiro atoms. The molecule has 0 radical (unpaired) electrons. The normalized spacial score (nSPS) is 15.6. The van der Waals surface area contributed by atoms with E-state index < -0.39 is 18.3 Å². The number of hydrogen-bond donors (Lipinski definition) is 1. The van der Waals surface area contributed by atoms with Gasteiger partial charge in [-0.15, -0.1) is 0 Å². The molecule has 0 aliphatic rings. The zero-order chi connectivity index (χ0) is 13.5. The van der Waals surface area contributed by atoms with Crippen molar-refractivity contribution in [1.82, 2.24) is 4.90 Å². The Kier molecular flexibility index (Phi) is 6.50. The van der Waals surface area contributed by atoms with Crippen molar-refractivity contribution < 1.29 is 13.2 Å². The first kappa shape index (κ1) is 16.2. The Balaban J connectivity index is 4.05.